The maximum absolute atomic E-state index is 3.68. The molecule has 5 heteroatoms. The van der Waals surface area contributed by atoms with Crippen molar-refractivity contribution in [3.05, 3.63) is 53.5 Å². The van der Waals surface area contributed by atoms with Gasteiger partial charge in [-0.3, -0.25) is 0 Å². The molecule has 1 aromatic heterocycles. The lowest BCUT2D eigenvalue weighted by molar-refractivity contribution is 0.530. The lowest BCUT2D eigenvalue weighted by atomic mass is 10.0. The molecule has 20 heavy (non-hydrogen) atoms. The van der Waals surface area contributed by atoms with E-state index in [1.165, 1.54) is 14.2 Å². The van der Waals surface area contributed by atoms with E-state index in [2.05, 4.69) is 90.4 Å². The predicted octanol–water partition coefficient (Wildman–Crippen LogP) is 6.32. The molecule has 0 fully saturated rings. The molecule has 1 atom stereocenters. The average molecular weight is 482 g/mol. The zero-order valence-electron chi connectivity index (χ0n) is 11.1. The van der Waals surface area contributed by atoms with Gasteiger partial charge in [0.2, 0.25) is 0 Å². The van der Waals surface area contributed by atoms with Crippen molar-refractivity contribution in [2.75, 3.05) is 6.54 Å². The molecule has 1 nitrogen and oxygen atoms in total. The van der Waals surface area contributed by atoms with E-state index in [0.717, 1.165) is 28.3 Å². The summed E-state index contributed by atoms with van der Waals surface area (Å²) >= 11 is 12.5. The van der Waals surface area contributed by atoms with E-state index in [1.54, 1.807) is 11.3 Å². The van der Waals surface area contributed by atoms with Crippen LogP contribution in [-0.2, 0) is 6.42 Å². The Kier molecular flexibility index (Phi) is 6.75. The van der Waals surface area contributed by atoms with Crippen molar-refractivity contribution in [3.8, 4) is 0 Å². The molecule has 0 spiro atoms. The molecule has 1 N–H and O–H groups in total. The van der Waals surface area contributed by atoms with Gasteiger partial charge in [0.05, 0.1) is 3.79 Å². The van der Waals surface area contributed by atoms with Crippen molar-refractivity contribution in [2.24, 2.45) is 0 Å². The fourth-order valence-electron chi connectivity index (χ4n) is 2.06. The third-order valence-corrected chi connectivity index (χ3v) is 5.84. The van der Waals surface area contributed by atoms with Gasteiger partial charge in [0.1, 0.15) is 0 Å². The maximum atomic E-state index is 3.68. The molecule has 1 aromatic carbocycles. The highest BCUT2D eigenvalue weighted by atomic mass is 79.9. The summed E-state index contributed by atoms with van der Waals surface area (Å²) in [5, 5.41) is 3.65. The smallest absolute Gasteiger partial charge is 0.0701 e. The summed E-state index contributed by atoms with van der Waals surface area (Å²) in [6, 6.07) is 11.0. The van der Waals surface area contributed by atoms with Gasteiger partial charge in [-0.25, -0.2) is 0 Å². The first kappa shape index (κ1) is 16.7. The summed E-state index contributed by atoms with van der Waals surface area (Å²) < 4.78 is 3.44. The minimum Gasteiger partial charge on any atom is -0.310 e. The van der Waals surface area contributed by atoms with Crippen LogP contribution < -0.4 is 5.32 Å². The van der Waals surface area contributed by atoms with Crippen LogP contribution in [0, 0.1) is 0 Å². The highest BCUT2D eigenvalue weighted by molar-refractivity contribution is 9.11. The van der Waals surface area contributed by atoms with E-state index in [4.69, 9.17) is 0 Å². The van der Waals surface area contributed by atoms with E-state index in [-0.39, 0.29) is 0 Å². The van der Waals surface area contributed by atoms with Gasteiger partial charge in [-0.1, -0.05) is 44.8 Å². The third-order valence-electron chi connectivity index (χ3n) is 3.01. The van der Waals surface area contributed by atoms with Crippen molar-refractivity contribution in [2.45, 2.75) is 25.8 Å². The second-order valence-corrected chi connectivity index (χ2v) is 8.90. The Labute approximate surface area is 149 Å². The molecule has 2 aromatic rings. The molecule has 0 aliphatic carbocycles. The predicted molar refractivity (Wildman–Crippen MR) is 98.6 cm³/mol. The fourth-order valence-corrected chi connectivity index (χ4v) is 4.91. The lowest BCUT2D eigenvalue weighted by Gasteiger charge is -2.20. The minimum absolute atomic E-state index is 0.336. The summed E-state index contributed by atoms with van der Waals surface area (Å²) in [6.45, 7) is 3.22. The Hall–Kier alpha value is 0.320. The van der Waals surface area contributed by atoms with Crippen LogP contribution in [0.5, 0.6) is 0 Å². The summed E-state index contributed by atoms with van der Waals surface area (Å²) in [7, 11) is 0. The van der Waals surface area contributed by atoms with Gasteiger partial charge in [-0.05, 0) is 58.7 Å². The van der Waals surface area contributed by atoms with Gasteiger partial charge < -0.3 is 5.32 Å². The maximum Gasteiger partial charge on any atom is 0.0701 e. The highest BCUT2D eigenvalue weighted by Gasteiger charge is 2.15. The molecule has 0 bridgehead atoms. The molecule has 0 aliphatic heterocycles. The van der Waals surface area contributed by atoms with E-state index in [9.17, 15) is 0 Å². The van der Waals surface area contributed by atoms with Gasteiger partial charge >= 0.3 is 0 Å². The Morgan fingerprint density at radius 2 is 1.95 bits per heavy atom. The molecule has 0 amide bonds. The molecule has 0 radical (unpaired) electrons. The second kappa shape index (κ2) is 8.08. The van der Waals surface area contributed by atoms with Crippen LogP contribution in [0.25, 0.3) is 0 Å². The van der Waals surface area contributed by atoms with Crippen molar-refractivity contribution in [1.29, 1.82) is 0 Å². The molecule has 0 saturated heterocycles. The van der Waals surface area contributed by atoms with Crippen LogP contribution in [0.2, 0.25) is 0 Å². The van der Waals surface area contributed by atoms with Gasteiger partial charge in [0.25, 0.3) is 0 Å². The van der Waals surface area contributed by atoms with Crippen molar-refractivity contribution < 1.29 is 0 Å². The normalized spacial score (nSPS) is 12.6. The largest absolute Gasteiger partial charge is 0.310 e. The van der Waals surface area contributed by atoms with Crippen molar-refractivity contribution in [3.63, 3.8) is 0 Å². The number of nitrogens with one attached hydrogen (secondary N) is 1. The Balaban J connectivity index is 2.22. The molecule has 1 heterocycles. The quantitative estimate of drug-likeness (QED) is 0.509. The summed E-state index contributed by atoms with van der Waals surface area (Å²) in [6.07, 6.45) is 2.15. The van der Waals surface area contributed by atoms with Crippen molar-refractivity contribution >= 4 is 59.1 Å². The number of hydrogen-bond acceptors (Lipinski definition) is 2. The van der Waals surface area contributed by atoms with E-state index in [1.807, 2.05) is 0 Å². The van der Waals surface area contributed by atoms with Gasteiger partial charge in [-0.15, -0.1) is 11.3 Å². The first-order valence-electron chi connectivity index (χ1n) is 6.52. The number of halogens is 3. The Bertz CT molecular complexity index is 568. The SMILES string of the molecule is CCCNC(Cc1ccc(Br)s1)c1ccc(Br)cc1Br. The Morgan fingerprint density at radius 1 is 1.15 bits per heavy atom. The van der Waals surface area contributed by atoms with Crippen LogP contribution in [0.3, 0.4) is 0 Å². The summed E-state index contributed by atoms with van der Waals surface area (Å²) in [5.41, 5.74) is 1.31. The van der Waals surface area contributed by atoms with E-state index < -0.39 is 0 Å². The van der Waals surface area contributed by atoms with E-state index in [0.29, 0.717) is 6.04 Å². The standard InChI is InChI=1S/C15H16Br3NS/c1-2-7-19-14(9-11-4-6-15(18)20-11)12-5-3-10(16)8-13(12)17/h3-6,8,14,19H,2,7,9H2,1H3. The lowest BCUT2D eigenvalue weighted by Crippen LogP contribution is -2.24. The number of benzene rings is 1. The van der Waals surface area contributed by atoms with E-state index >= 15 is 0 Å². The van der Waals surface area contributed by atoms with Crippen LogP contribution in [0.15, 0.2) is 43.1 Å². The number of thiophene rings is 1. The van der Waals surface area contributed by atoms with Gasteiger partial charge in [-0.2, -0.15) is 0 Å². The molecular formula is C15H16Br3NS. The van der Waals surface area contributed by atoms with Crippen LogP contribution in [0.1, 0.15) is 29.8 Å². The monoisotopic (exact) mass is 479 g/mol. The minimum atomic E-state index is 0.336. The molecule has 0 saturated carbocycles. The molecule has 0 aliphatic rings. The topological polar surface area (TPSA) is 12.0 Å². The number of hydrogen-bond donors (Lipinski definition) is 1. The fraction of sp³-hybridized carbons (Fsp3) is 0.333. The third kappa shape index (κ3) is 4.67. The average Bonchev–Trinajstić information content (AvgIpc) is 2.80. The zero-order chi connectivity index (χ0) is 14.5. The van der Waals surface area contributed by atoms with Gasteiger partial charge in [0.15, 0.2) is 0 Å². The second-order valence-electron chi connectivity index (χ2n) is 4.58. The van der Waals surface area contributed by atoms with Crippen LogP contribution in [-0.4, -0.2) is 6.54 Å². The molecule has 1 unspecified atom stereocenters. The molecule has 2 rings (SSSR count). The highest BCUT2D eigenvalue weighted by Crippen LogP contribution is 2.31. The summed E-state index contributed by atoms with van der Waals surface area (Å²) in [5.74, 6) is 0. The molecular weight excluding hydrogens is 466 g/mol. The first-order chi connectivity index (χ1) is 9.60. The van der Waals surface area contributed by atoms with Crippen molar-refractivity contribution in [1.82, 2.24) is 5.32 Å². The summed E-state index contributed by atoms with van der Waals surface area (Å²) in [4.78, 5) is 1.39. The zero-order valence-corrected chi connectivity index (χ0v) is 16.7. The van der Waals surface area contributed by atoms with Crippen LogP contribution in [0.4, 0.5) is 0 Å². The van der Waals surface area contributed by atoms with Crippen LogP contribution >= 0.6 is 59.1 Å². The van der Waals surface area contributed by atoms with Gasteiger partial charge in [0, 0.05) is 26.3 Å². The molecule has 108 valence electrons. The Morgan fingerprint density at radius 3 is 2.55 bits per heavy atom. The number of rotatable bonds is 6. The first-order valence-corrected chi connectivity index (χ1v) is 9.72.